The highest BCUT2D eigenvalue weighted by atomic mass is 32.1. The van der Waals surface area contributed by atoms with E-state index >= 15 is 0 Å². The first-order chi connectivity index (χ1) is 14.6. The first kappa shape index (κ1) is 22.4. The SMILES string of the molecule is Cc1nc(CNC(=O)C(=O)c2c(C)c(C(=O)Nc3ccc(F)c(C)c3)c(C)n2C)cs1. The molecular formula is C22H23FN4O3S. The molecular weight excluding hydrogens is 419 g/mol. The molecule has 0 aliphatic rings. The van der Waals surface area contributed by atoms with Crippen molar-refractivity contribution in [2.75, 3.05) is 5.32 Å². The Labute approximate surface area is 183 Å². The van der Waals surface area contributed by atoms with Gasteiger partial charge < -0.3 is 15.2 Å². The van der Waals surface area contributed by atoms with Gasteiger partial charge in [-0.3, -0.25) is 14.4 Å². The van der Waals surface area contributed by atoms with E-state index < -0.39 is 17.6 Å². The van der Waals surface area contributed by atoms with Gasteiger partial charge in [-0.15, -0.1) is 11.3 Å². The maximum Gasteiger partial charge on any atom is 0.294 e. The van der Waals surface area contributed by atoms with Crippen molar-refractivity contribution in [3.05, 3.63) is 68.2 Å². The minimum absolute atomic E-state index is 0.143. The summed E-state index contributed by atoms with van der Waals surface area (Å²) in [7, 11) is 1.63. The zero-order chi connectivity index (χ0) is 22.9. The molecule has 0 spiro atoms. The zero-order valence-corrected chi connectivity index (χ0v) is 18.7. The van der Waals surface area contributed by atoms with Crippen LogP contribution in [-0.2, 0) is 18.4 Å². The Morgan fingerprint density at radius 1 is 1.16 bits per heavy atom. The van der Waals surface area contributed by atoms with Gasteiger partial charge in [0, 0.05) is 23.8 Å². The number of amides is 2. The number of benzene rings is 1. The summed E-state index contributed by atoms with van der Waals surface area (Å²) in [5.41, 5.74) is 2.91. The molecule has 0 unspecified atom stereocenters. The highest BCUT2D eigenvalue weighted by Crippen LogP contribution is 2.24. The van der Waals surface area contributed by atoms with Gasteiger partial charge in [0.05, 0.1) is 28.5 Å². The second-order valence-corrected chi connectivity index (χ2v) is 8.34. The predicted octanol–water partition coefficient (Wildman–Crippen LogP) is 3.61. The summed E-state index contributed by atoms with van der Waals surface area (Å²) in [6, 6.07) is 4.27. The van der Waals surface area contributed by atoms with Crippen LogP contribution in [-0.4, -0.2) is 27.1 Å². The maximum atomic E-state index is 13.5. The van der Waals surface area contributed by atoms with Crippen LogP contribution >= 0.6 is 11.3 Å². The van der Waals surface area contributed by atoms with E-state index in [0.29, 0.717) is 33.8 Å². The minimum atomic E-state index is -0.768. The first-order valence-electron chi connectivity index (χ1n) is 9.57. The van der Waals surface area contributed by atoms with Crippen LogP contribution in [0.4, 0.5) is 10.1 Å². The third kappa shape index (κ3) is 4.56. The van der Waals surface area contributed by atoms with E-state index in [-0.39, 0.29) is 18.1 Å². The van der Waals surface area contributed by atoms with Gasteiger partial charge in [0.1, 0.15) is 5.82 Å². The number of carbonyl (C=O) groups excluding carboxylic acids is 3. The van der Waals surface area contributed by atoms with Crippen LogP contribution in [0.5, 0.6) is 0 Å². The number of hydrogen-bond donors (Lipinski definition) is 2. The minimum Gasteiger partial charge on any atom is -0.344 e. The third-order valence-electron chi connectivity index (χ3n) is 5.09. The average Bonchev–Trinajstić information content (AvgIpc) is 3.22. The monoisotopic (exact) mass is 442 g/mol. The smallest absolute Gasteiger partial charge is 0.294 e. The van der Waals surface area contributed by atoms with Crippen molar-refractivity contribution in [1.82, 2.24) is 14.9 Å². The lowest BCUT2D eigenvalue weighted by Gasteiger charge is -2.07. The zero-order valence-electron chi connectivity index (χ0n) is 17.9. The fourth-order valence-corrected chi connectivity index (χ4v) is 4.01. The molecule has 7 nitrogen and oxygen atoms in total. The van der Waals surface area contributed by atoms with Gasteiger partial charge in [0.25, 0.3) is 17.6 Å². The number of Topliss-reactive ketones (excluding diaryl/α,β-unsaturated/α-hetero) is 1. The molecule has 2 aromatic heterocycles. The number of aryl methyl sites for hydroxylation is 2. The Kier molecular flexibility index (Phi) is 6.35. The average molecular weight is 443 g/mol. The standard InChI is InChI=1S/C22H23FN4O3S/c1-11-8-15(6-7-17(11)23)26-21(29)18-12(2)19(27(5)13(18)3)20(28)22(30)24-9-16-10-31-14(4)25-16/h6-8,10H,9H2,1-5H3,(H,24,30)(H,26,29). The van der Waals surface area contributed by atoms with Crippen molar-refractivity contribution in [3.8, 4) is 0 Å². The first-order valence-corrected chi connectivity index (χ1v) is 10.4. The van der Waals surface area contributed by atoms with Crippen LogP contribution in [0.15, 0.2) is 23.6 Å². The molecule has 0 saturated heterocycles. The fraction of sp³-hybridized carbons (Fsp3) is 0.273. The topological polar surface area (TPSA) is 93.1 Å². The van der Waals surface area contributed by atoms with Gasteiger partial charge >= 0.3 is 0 Å². The number of thiazole rings is 1. The van der Waals surface area contributed by atoms with Crippen LogP contribution in [0, 0.1) is 33.5 Å². The van der Waals surface area contributed by atoms with Gasteiger partial charge in [0.15, 0.2) is 0 Å². The Hall–Kier alpha value is -3.33. The van der Waals surface area contributed by atoms with Crippen LogP contribution in [0.25, 0.3) is 0 Å². The second kappa shape index (κ2) is 8.81. The third-order valence-corrected chi connectivity index (χ3v) is 5.91. The van der Waals surface area contributed by atoms with Crippen molar-refractivity contribution in [2.24, 2.45) is 7.05 Å². The molecule has 0 radical (unpaired) electrons. The van der Waals surface area contributed by atoms with E-state index in [0.717, 1.165) is 5.01 Å². The summed E-state index contributed by atoms with van der Waals surface area (Å²) < 4.78 is 15.0. The lowest BCUT2D eigenvalue weighted by atomic mass is 10.1. The molecule has 3 rings (SSSR count). The van der Waals surface area contributed by atoms with Crippen LogP contribution in [0.2, 0.25) is 0 Å². The van der Waals surface area contributed by atoms with Gasteiger partial charge in [0.2, 0.25) is 0 Å². The van der Waals surface area contributed by atoms with Crippen molar-refractivity contribution >= 4 is 34.6 Å². The number of carbonyl (C=O) groups is 3. The number of nitrogens with zero attached hydrogens (tertiary/aromatic N) is 2. The Morgan fingerprint density at radius 3 is 2.48 bits per heavy atom. The Morgan fingerprint density at radius 2 is 1.87 bits per heavy atom. The number of aromatic nitrogens is 2. The van der Waals surface area contributed by atoms with Crippen molar-refractivity contribution in [1.29, 1.82) is 0 Å². The molecule has 0 aliphatic heterocycles. The lowest BCUT2D eigenvalue weighted by molar-refractivity contribution is -0.117. The molecule has 3 aromatic rings. The predicted molar refractivity (Wildman–Crippen MR) is 117 cm³/mol. The molecule has 2 heterocycles. The van der Waals surface area contributed by atoms with Crippen molar-refractivity contribution in [3.63, 3.8) is 0 Å². The molecule has 0 saturated carbocycles. The number of rotatable bonds is 6. The molecule has 0 aliphatic carbocycles. The van der Waals surface area contributed by atoms with E-state index in [4.69, 9.17) is 0 Å². The molecule has 31 heavy (non-hydrogen) atoms. The summed E-state index contributed by atoms with van der Waals surface area (Å²) in [4.78, 5) is 42.4. The van der Waals surface area contributed by atoms with Crippen molar-refractivity contribution in [2.45, 2.75) is 34.2 Å². The molecule has 0 bridgehead atoms. The van der Waals surface area contributed by atoms with E-state index in [1.165, 1.54) is 34.1 Å². The van der Waals surface area contributed by atoms with Crippen LogP contribution < -0.4 is 10.6 Å². The maximum absolute atomic E-state index is 13.5. The summed E-state index contributed by atoms with van der Waals surface area (Å²) in [6.45, 7) is 6.94. The van der Waals surface area contributed by atoms with Gasteiger partial charge in [-0.25, -0.2) is 9.37 Å². The normalized spacial score (nSPS) is 10.8. The van der Waals surface area contributed by atoms with Crippen LogP contribution in [0.1, 0.15) is 48.4 Å². The molecule has 0 fully saturated rings. The number of hydrogen-bond acceptors (Lipinski definition) is 5. The second-order valence-electron chi connectivity index (χ2n) is 7.28. The summed E-state index contributed by atoms with van der Waals surface area (Å²) in [5.74, 6) is -2.30. The van der Waals surface area contributed by atoms with E-state index in [9.17, 15) is 18.8 Å². The highest BCUT2D eigenvalue weighted by Gasteiger charge is 2.28. The van der Waals surface area contributed by atoms with Gasteiger partial charge in [-0.2, -0.15) is 0 Å². The van der Waals surface area contributed by atoms with E-state index in [2.05, 4.69) is 15.6 Å². The number of anilines is 1. The lowest BCUT2D eigenvalue weighted by Crippen LogP contribution is -2.32. The molecule has 1 aromatic carbocycles. The van der Waals surface area contributed by atoms with Crippen LogP contribution in [0.3, 0.4) is 0 Å². The Bertz CT molecular complexity index is 1200. The summed E-state index contributed by atoms with van der Waals surface area (Å²) in [6.07, 6.45) is 0. The number of halogens is 1. The van der Waals surface area contributed by atoms with E-state index in [1.807, 2.05) is 12.3 Å². The largest absolute Gasteiger partial charge is 0.344 e. The number of ketones is 1. The van der Waals surface area contributed by atoms with Crippen molar-refractivity contribution < 1.29 is 18.8 Å². The quantitative estimate of drug-likeness (QED) is 0.451. The fourth-order valence-electron chi connectivity index (χ4n) is 3.40. The molecule has 2 N–H and O–H groups in total. The summed E-state index contributed by atoms with van der Waals surface area (Å²) >= 11 is 1.46. The molecule has 2 amide bonds. The molecule has 9 heteroatoms. The Balaban J connectivity index is 1.81. The van der Waals surface area contributed by atoms with E-state index in [1.54, 1.807) is 27.8 Å². The number of nitrogens with one attached hydrogen (secondary N) is 2. The van der Waals surface area contributed by atoms with Gasteiger partial charge in [-0.1, -0.05) is 0 Å². The highest BCUT2D eigenvalue weighted by molar-refractivity contribution is 7.09. The molecule has 162 valence electrons. The van der Waals surface area contributed by atoms with Gasteiger partial charge in [-0.05, 0) is 57.0 Å². The molecule has 0 atom stereocenters. The summed E-state index contributed by atoms with van der Waals surface area (Å²) in [5, 5.41) is 8.00.